The quantitative estimate of drug-likeness (QED) is 0.325. The zero-order chi connectivity index (χ0) is 23.0. The van der Waals surface area contributed by atoms with Crippen molar-refractivity contribution in [3.05, 3.63) is 95.0 Å². The maximum Gasteiger partial charge on any atom is 0.513 e. The number of hydrogen-bond donors (Lipinski definition) is 1. The van der Waals surface area contributed by atoms with Gasteiger partial charge in [0.25, 0.3) is 0 Å². The van der Waals surface area contributed by atoms with Crippen LogP contribution in [0.5, 0.6) is 11.5 Å². The van der Waals surface area contributed by atoms with E-state index in [1.54, 1.807) is 36.4 Å². The minimum absolute atomic E-state index is 0.0550. The lowest BCUT2D eigenvalue weighted by molar-refractivity contribution is -0.146. The molecule has 0 saturated carbocycles. The Balaban J connectivity index is 1.80. The molecule has 2 atom stereocenters. The van der Waals surface area contributed by atoms with Crippen LogP contribution in [0.2, 0.25) is 5.02 Å². The van der Waals surface area contributed by atoms with Crippen molar-refractivity contribution in [3.63, 3.8) is 0 Å². The van der Waals surface area contributed by atoms with Crippen LogP contribution in [-0.2, 0) is 20.7 Å². The molecule has 0 aliphatic rings. The van der Waals surface area contributed by atoms with Gasteiger partial charge in [0, 0.05) is 0 Å². The third-order valence-electron chi connectivity index (χ3n) is 4.20. The Morgan fingerprint density at radius 2 is 1.69 bits per heavy atom. The molecule has 9 heteroatoms. The Morgan fingerprint density at radius 3 is 2.34 bits per heavy atom. The fourth-order valence-electron chi connectivity index (χ4n) is 2.64. The van der Waals surface area contributed by atoms with Crippen molar-refractivity contribution in [1.82, 2.24) is 5.09 Å². The van der Waals surface area contributed by atoms with E-state index in [0.717, 1.165) is 5.56 Å². The second kappa shape index (κ2) is 10.8. The molecular weight excluding hydrogens is 451 g/mol. The van der Waals surface area contributed by atoms with Gasteiger partial charge < -0.3 is 13.8 Å². The van der Waals surface area contributed by atoms with E-state index in [1.807, 2.05) is 36.4 Å². The summed E-state index contributed by atoms with van der Waals surface area (Å²) in [5.74, 6) is -0.541. The number of nitrogens with zero attached hydrogens (tertiary/aromatic N) is 1. The maximum absolute atomic E-state index is 13.6. The van der Waals surface area contributed by atoms with E-state index < -0.39 is 19.8 Å². The summed E-state index contributed by atoms with van der Waals surface area (Å²) in [6, 6.07) is 22.8. The van der Waals surface area contributed by atoms with Gasteiger partial charge in [0.15, 0.2) is 5.75 Å². The topological polar surface area (TPSA) is 97.6 Å². The van der Waals surface area contributed by atoms with E-state index in [-0.39, 0.29) is 28.7 Å². The lowest BCUT2D eigenvalue weighted by atomic mass is 10.2. The number of nitriles is 1. The van der Waals surface area contributed by atoms with Gasteiger partial charge in [0.1, 0.15) is 24.5 Å². The number of halogens is 1. The summed E-state index contributed by atoms with van der Waals surface area (Å²) in [4.78, 5) is 12.5. The Morgan fingerprint density at radius 1 is 1.03 bits per heavy atom. The number of benzene rings is 3. The van der Waals surface area contributed by atoms with Crippen molar-refractivity contribution in [1.29, 1.82) is 5.26 Å². The number of ether oxygens (including phenoxy) is 1. The average molecular weight is 471 g/mol. The van der Waals surface area contributed by atoms with Crippen LogP contribution in [0.4, 0.5) is 0 Å². The SMILES string of the molecule is C[C@H](NP(=O)(Oc1ccccc1)Oc1c(Cl)cccc1C#N)C(=O)OCc1ccccc1. The highest BCUT2D eigenvalue weighted by atomic mass is 35.5. The van der Waals surface area contributed by atoms with Gasteiger partial charge in [-0.2, -0.15) is 10.3 Å². The van der Waals surface area contributed by atoms with Crippen LogP contribution in [0.15, 0.2) is 78.9 Å². The standard InChI is InChI=1S/C23H20ClN2O5P/c1-17(23(27)29-16-18-9-4-2-5-10-18)26-32(28,30-20-12-6-3-7-13-20)31-22-19(15-25)11-8-14-21(22)24/h2-14,17H,16H2,1H3,(H,26,28)/t17-,32?/m0/s1. The third-order valence-corrected chi connectivity index (χ3v) is 6.07. The van der Waals surface area contributed by atoms with Gasteiger partial charge >= 0.3 is 13.7 Å². The van der Waals surface area contributed by atoms with Gasteiger partial charge in [-0.3, -0.25) is 4.79 Å². The molecule has 1 N–H and O–H groups in total. The largest absolute Gasteiger partial charge is 0.513 e. The molecule has 3 rings (SSSR count). The van der Waals surface area contributed by atoms with Crippen LogP contribution in [-0.4, -0.2) is 12.0 Å². The number of rotatable bonds is 9. The zero-order valence-electron chi connectivity index (χ0n) is 17.1. The summed E-state index contributed by atoms with van der Waals surface area (Å²) in [6.45, 7) is 1.52. The zero-order valence-corrected chi connectivity index (χ0v) is 18.8. The van der Waals surface area contributed by atoms with Gasteiger partial charge in [-0.1, -0.05) is 66.2 Å². The van der Waals surface area contributed by atoms with Crippen LogP contribution in [0.3, 0.4) is 0 Å². The van der Waals surface area contributed by atoms with Crippen LogP contribution < -0.4 is 14.1 Å². The molecule has 32 heavy (non-hydrogen) atoms. The van der Waals surface area contributed by atoms with Crippen LogP contribution in [0, 0.1) is 11.3 Å². The summed E-state index contributed by atoms with van der Waals surface area (Å²) >= 11 is 6.16. The van der Waals surface area contributed by atoms with E-state index in [1.165, 1.54) is 19.1 Å². The van der Waals surface area contributed by atoms with Crippen molar-refractivity contribution < 1.29 is 23.1 Å². The van der Waals surface area contributed by atoms with E-state index in [0.29, 0.717) is 0 Å². The third kappa shape index (κ3) is 6.35. The molecule has 0 saturated heterocycles. The molecule has 0 bridgehead atoms. The van der Waals surface area contributed by atoms with Crippen LogP contribution in [0.1, 0.15) is 18.1 Å². The molecule has 0 heterocycles. The van der Waals surface area contributed by atoms with Crippen molar-refractivity contribution >= 4 is 25.3 Å². The van der Waals surface area contributed by atoms with Crippen molar-refractivity contribution in [2.45, 2.75) is 19.6 Å². The van der Waals surface area contributed by atoms with Gasteiger partial charge in [0.2, 0.25) is 0 Å². The molecule has 164 valence electrons. The van der Waals surface area contributed by atoms with E-state index in [2.05, 4.69) is 5.09 Å². The molecule has 3 aromatic carbocycles. The summed E-state index contributed by atoms with van der Waals surface area (Å²) < 4.78 is 30.1. The Kier molecular flexibility index (Phi) is 7.91. The molecule has 0 aliphatic heterocycles. The highest BCUT2D eigenvalue weighted by molar-refractivity contribution is 7.52. The fraction of sp³-hybridized carbons (Fsp3) is 0.130. The predicted molar refractivity (Wildman–Crippen MR) is 120 cm³/mol. The average Bonchev–Trinajstić information content (AvgIpc) is 2.80. The van der Waals surface area contributed by atoms with Gasteiger partial charge in [-0.25, -0.2) is 4.57 Å². The number of carbonyl (C=O) groups is 1. The number of carbonyl (C=O) groups excluding carboxylic acids is 1. The molecule has 0 aliphatic carbocycles. The normalized spacial score (nSPS) is 13.3. The van der Waals surface area contributed by atoms with Crippen LogP contribution in [0.25, 0.3) is 0 Å². The molecule has 3 aromatic rings. The fourth-order valence-corrected chi connectivity index (χ4v) is 4.47. The monoisotopic (exact) mass is 470 g/mol. The summed E-state index contributed by atoms with van der Waals surface area (Å²) in [5, 5.41) is 12.0. The lowest BCUT2D eigenvalue weighted by Crippen LogP contribution is -2.35. The molecule has 0 aromatic heterocycles. The minimum atomic E-state index is -4.22. The molecule has 7 nitrogen and oxygen atoms in total. The highest BCUT2D eigenvalue weighted by Crippen LogP contribution is 2.48. The highest BCUT2D eigenvalue weighted by Gasteiger charge is 2.35. The molecule has 1 unspecified atom stereocenters. The Hall–Kier alpha value is -3.30. The number of esters is 1. The Bertz CT molecular complexity index is 1150. The van der Waals surface area contributed by atoms with Gasteiger partial charge in [-0.05, 0) is 36.8 Å². The number of nitrogens with one attached hydrogen (secondary N) is 1. The first-order valence-corrected chi connectivity index (χ1v) is 11.5. The summed E-state index contributed by atoms with van der Waals surface area (Å²) in [7, 11) is -4.22. The number of para-hydroxylation sites is 2. The Labute approximate surface area is 191 Å². The van der Waals surface area contributed by atoms with Gasteiger partial charge in [-0.15, -0.1) is 0 Å². The molecule has 0 fully saturated rings. The van der Waals surface area contributed by atoms with E-state index in [9.17, 15) is 14.6 Å². The smallest absolute Gasteiger partial charge is 0.460 e. The van der Waals surface area contributed by atoms with E-state index in [4.69, 9.17) is 25.4 Å². The van der Waals surface area contributed by atoms with Crippen LogP contribution >= 0.6 is 19.3 Å². The first kappa shape index (κ1) is 23.4. The minimum Gasteiger partial charge on any atom is -0.460 e. The van der Waals surface area contributed by atoms with Crippen molar-refractivity contribution in [3.8, 4) is 17.6 Å². The molecule has 0 radical (unpaired) electrons. The van der Waals surface area contributed by atoms with Crippen molar-refractivity contribution in [2.75, 3.05) is 0 Å². The molecule has 0 amide bonds. The van der Waals surface area contributed by atoms with Crippen molar-refractivity contribution in [2.24, 2.45) is 0 Å². The lowest BCUT2D eigenvalue weighted by Gasteiger charge is -2.24. The second-order valence-corrected chi connectivity index (χ2v) is 8.69. The first-order valence-electron chi connectivity index (χ1n) is 9.61. The molecule has 0 spiro atoms. The van der Waals surface area contributed by atoms with Gasteiger partial charge in [0.05, 0.1) is 10.6 Å². The predicted octanol–water partition coefficient (Wildman–Crippen LogP) is 5.50. The second-order valence-electron chi connectivity index (χ2n) is 6.67. The summed E-state index contributed by atoms with van der Waals surface area (Å²) in [6.07, 6.45) is 0. The maximum atomic E-state index is 13.6. The first-order chi connectivity index (χ1) is 15.4. The number of hydrogen-bond acceptors (Lipinski definition) is 6. The van der Waals surface area contributed by atoms with E-state index >= 15 is 0 Å². The summed E-state index contributed by atoms with van der Waals surface area (Å²) in [5.41, 5.74) is 0.873. The molecular formula is C23H20ClN2O5P.